The fraction of sp³-hybridized carbons (Fsp3) is 0.286. The van der Waals surface area contributed by atoms with Crippen molar-refractivity contribution in [1.82, 2.24) is 15.3 Å². The molecule has 0 fully saturated rings. The maximum absolute atomic E-state index is 12.8. The molecule has 0 saturated heterocycles. The molecule has 1 aliphatic rings. The Labute approximate surface area is 135 Å². The van der Waals surface area contributed by atoms with Gasteiger partial charge in [-0.15, -0.1) is 0 Å². The Morgan fingerprint density at radius 3 is 2.74 bits per heavy atom. The van der Waals surface area contributed by atoms with Crippen LogP contribution in [0, 0.1) is 0 Å². The smallest absolute Gasteiger partial charge is 0.399 e. The monoisotopic (exact) mass is 343 g/mol. The third kappa shape index (κ3) is 3.48. The minimum Gasteiger partial charge on any atom is -0.399 e. The number of nitrogen functional groups attached to an aromatic ring is 1. The Balaban J connectivity index is 1.83. The molecule has 2 heterocycles. The number of aromatic nitrogens is 2. The molecule has 0 radical (unpaired) electrons. The molecule has 4 N–H and O–H groups in total. The van der Waals surface area contributed by atoms with Crippen molar-refractivity contribution < 1.29 is 13.2 Å². The second-order valence-electron chi connectivity index (χ2n) is 5.18. The van der Waals surface area contributed by atoms with E-state index in [2.05, 4.69) is 20.6 Å². The SMILES string of the molecule is Nc1cc(CNc2nc(Cl)nc3c2CNC3)cc(C(F)(F)F)c1. The van der Waals surface area contributed by atoms with Gasteiger partial charge in [-0.05, 0) is 35.4 Å². The predicted octanol–water partition coefficient (Wildman–Crippen LogP) is 2.95. The van der Waals surface area contributed by atoms with Gasteiger partial charge in [-0.1, -0.05) is 0 Å². The summed E-state index contributed by atoms with van der Waals surface area (Å²) in [7, 11) is 0. The number of nitrogens with two attached hydrogens (primary N) is 1. The van der Waals surface area contributed by atoms with Crippen LogP contribution in [0.2, 0.25) is 5.28 Å². The Hall–Kier alpha value is -2.06. The Kier molecular flexibility index (Phi) is 4.03. The van der Waals surface area contributed by atoms with Crippen molar-refractivity contribution in [2.45, 2.75) is 25.8 Å². The molecule has 0 unspecified atom stereocenters. The standard InChI is InChI=1S/C14H13ClF3N5/c15-13-22-11-6-20-5-10(11)12(23-13)21-4-7-1-8(14(16,17)18)3-9(19)2-7/h1-3,20H,4-6,19H2,(H,21,22,23). The van der Waals surface area contributed by atoms with Gasteiger partial charge in [-0.25, -0.2) is 9.97 Å². The highest BCUT2D eigenvalue weighted by molar-refractivity contribution is 6.28. The first kappa shape index (κ1) is 15.8. The molecular weight excluding hydrogens is 331 g/mol. The second kappa shape index (κ2) is 5.86. The Morgan fingerprint density at radius 2 is 2.00 bits per heavy atom. The van der Waals surface area contributed by atoms with Crippen LogP contribution in [0.15, 0.2) is 18.2 Å². The number of rotatable bonds is 3. The van der Waals surface area contributed by atoms with Crippen LogP contribution in [-0.4, -0.2) is 9.97 Å². The van der Waals surface area contributed by atoms with E-state index in [1.807, 2.05) is 0 Å². The summed E-state index contributed by atoms with van der Waals surface area (Å²) in [6.45, 7) is 1.32. The molecule has 0 spiro atoms. The molecule has 3 rings (SSSR count). The number of anilines is 2. The lowest BCUT2D eigenvalue weighted by Crippen LogP contribution is -2.10. The molecule has 1 aliphatic heterocycles. The lowest BCUT2D eigenvalue weighted by molar-refractivity contribution is -0.137. The van der Waals surface area contributed by atoms with Gasteiger partial charge in [0.2, 0.25) is 5.28 Å². The third-order valence-electron chi connectivity index (χ3n) is 3.46. The Bertz CT molecular complexity index is 748. The molecule has 2 aromatic rings. The molecule has 5 nitrogen and oxygen atoms in total. The van der Waals surface area contributed by atoms with E-state index in [4.69, 9.17) is 17.3 Å². The van der Waals surface area contributed by atoms with E-state index in [1.165, 1.54) is 6.07 Å². The summed E-state index contributed by atoms with van der Waals surface area (Å²) in [6, 6.07) is 3.46. The summed E-state index contributed by atoms with van der Waals surface area (Å²) in [6.07, 6.45) is -4.44. The molecule has 0 aliphatic carbocycles. The topological polar surface area (TPSA) is 75.9 Å². The van der Waals surface area contributed by atoms with Crippen molar-refractivity contribution >= 4 is 23.1 Å². The van der Waals surface area contributed by atoms with Gasteiger partial charge < -0.3 is 16.4 Å². The van der Waals surface area contributed by atoms with Crippen LogP contribution >= 0.6 is 11.6 Å². The molecule has 122 valence electrons. The maximum atomic E-state index is 12.8. The van der Waals surface area contributed by atoms with Gasteiger partial charge >= 0.3 is 6.18 Å². The number of hydrogen-bond acceptors (Lipinski definition) is 5. The van der Waals surface area contributed by atoms with Crippen molar-refractivity contribution in [1.29, 1.82) is 0 Å². The molecule has 9 heteroatoms. The Morgan fingerprint density at radius 1 is 1.22 bits per heavy atom. The van der Waals surface area contributed by atoms with Gasteiger partial charge in [-0.2, -0.15) is 13.2 Å². The molecule has 23 heavy (non-hydrogen) atoms. The summed E-state index contributed by atoms with van der Waals surface area (Å²) < 4.78 is 38.5. The van der Waals surface area contributed by atoms with Crippen LogP contribution in [-0.2, 0) is 25.8 Å². The zero-order chi connectivity index (χ0) is 16.6. The van der Waals surface area contributed by atoms with E-state index < -0.39 is 11.7 Å². The summed E-state index contributed by atoms with van der Waals surface area (Å²) in [5.41, 5.74) is 6.91. The number of fused-ring (bicyclic) bond motifs is 1. The highest BCUT2D eigenvalue weighted by Crippen LogP contribution is 2.31. The molecule has 0 amide bonds. The quantitative estimate of drug-likeness (QED) is 0.590. The van der Waals surface area contributed by atoms with Gasteiger partial charge in [0.05, 0.1) is 11.3 Å². The zero-order valence-corrected chi connectivity index (χ0v) is 12.6. The van der Waals surface area contributed by atoms with Crippen LogP contribution in [0.1, 0.15) is 22.4 Å². The fourth-order valence-corrected chi connectivity index (χ4v) is 2.64. The van der Waals surface area contributed by atoms with Crippen molar-refractivity contribution in [3.05, 3.63) is 45.9 Å². The van der Waals surface area contributed by atoms with Gasteiger partial charge in [-0.3, -0.25) is 0 Å². The predicted molar refractivity (Wildman–Crippen MR) is 80.8 cm³/mol. The summed E-state index contributed by atoms with van der Waals surface area (Å²) >= 11 is 5.86. The first-order valence-electron chi connectivity index (χ1n) is 6.79. The zero-order valence-electron chi connectivity index (χ0n) is 11.8. The van der Waals surface area contributed by atoms with Crippen LogP contribution in [0.25, 0.3) is 0 Å². The van der Waals surface area contributed by atoms with E-state index in [-0.39, 0.29) is 17.5 Å². The van der Waals surface area contributed by atoms with E-state index in [0.717, 1.165) is 23.4 Å². The lowest BCUT2D eigenvalue weighted by atomic mass is 10.1. The molecule has 1 aromatic heterocycles. The normalized spacial score (nSPS) is 13.9. The van der Waals surface area contributed by atoms with E-state index in [1.54, 1.807) is 0 Å². The van der Waals surface area contributed by atoms with Crippen LogP contribution in [0.4, 0.5) is 24.7 Å². The van der Waals surface area contributed by atoms with Gasteiger partial charge in [0, 0.05) is 30.9 Å². The van der Waals surface area contributed by atoms with Crippen LogP contribution < -0.4 is 16.4 Å². The summed E-state index contributed by atoms with van der Waals surface area (Å²) in [5.74, 6) is 0.515. The molecule has 0 saturated carbocycles. The first-order chi connectivity index (χ1) is 10.8. The summed E-state index contributed by atoms with van der Waals surface area (Å²) in [5, 5.41) is 6.23. The number of halogens is 4. The van der Waals surface area contributed by atoms with Crippen molar-refractivity contribution in [3.8, 4) is 0 Å². The van der Waals surface area contributed by atoms with Gasteiger partial charge in [0.1, 0.15) is 5.82 Å². The first-order valence-corrected chi connectivity index (χ1v) is 7.17. The lowest BCUT2D eigenvalue weighted by Gasteiger charge is -2.13. The van der Waals surface area contributed by atoms with Crippen molar-refractivity contribution in [3.63, 3.8) is 0 Å². The number of alkyl halides is 3. The van der Waals surface area contributed by atoms with Gasteiger partial charge in [0.15, 0.2) is 0 Å². The summed E-state index contributed by atoms with van der Waals surface area (Å²) in [4.78, 5) is 8.22. The molecule has 0 bridgehead atoms. The van der Waals surface area contributed by atoms with Crippen molar-refractivity contribution in [2.24, 2.45) is 0 Å². The van der Waals surface area contributed by atoms with Crippen molar-refractivity contribution in [2.75, 3.05) is 11.1 Å². The number of nitrogens with one attached hydrogen (secondary N) is 2. The number of benzene rings is 1. The molecular formula is C14H13ClF3N5. The molecule has 1 aromatic carbocycles. The van der Waals surface area contributed by atoms with Crippen LogP contribution in [0.3, 0.4) is 0 Å². The van der Waals surface area contributed by atoms with E-state index in [0.29, 0.717) is 24.5 Å². The van der Waals surface area contributed by atoms with E-state index >= 15 is 0 Å². The van der Waals surface area contributed by atoms with Crippen LogP contribution in [0.5, 0.6) is 0 Å². The molecule has 0 atom stereocenters. The average Bonchev–Trinajstić information content (AvgIpc) is 2.91. The maximum Gasteiger partial charge on any atom is 0.416 e. The minimum atomic E-state index is -4.44. The average molecular weight is 344 g/mol. The highest BCUT2D eigenvalue weighted by Gasteiger charge is 2.31. The number of hydrogen-bond donors (Lipinski definition) is 3. The highest BCUT2D eigenvalue weighted by atomic mass is 35.5. The largest absolute Gasteiger partial charge is 0.416 e. The minimum absolute atomic E-state index is 0.0595. The fourth-order valence-electron chi connectivity index (χ4n) is 2.45. The third-order valence-corrected chi connectivity index (χ3v) is 3.63. The van der Waals surface area contributed by atoms with Gasteiger partial charge in [0.25, 0.3) is 0 Å². The second-order valence-corrected chi connectivity index (χ2v) is 5.52. The van der Waals surface area contributed by atoms with E-state index in [9.17, 15) is 13.2 Å². The number of nitrogens with zero attached hydrogens (tertiary/aromatic N) is 2.